The summed E-state index contributed by atoms with van der Waals surface area (Å²) in [6.07, 6.45) is 1.10. The lowest BCUT2D eigenvalue weighted by Crippen LogP contribution is -2.16. The summed E-state index contributed by atoms with van der Waals surface area (Å²) in [4.78, 5) is 35.4. The zero-order valence-corrected chi connectivity index (χ0v) is 16.5. The van der Waals surface area contributed by atoms with Crippen molar-refractivity contribution in [1.82, 2.24) is 0 Å². The van der Waals surface area contributed by atoms with Gasteiger partial charge >= 0.3 is 5.97 Å². The van der Waals surface area contributed by atoms with Crippen LogP contribution in [-0.2, 0) is 30.3 Å². The summed E-state index contributed by atoms with van der Waals surface area (Å²) < 4.78 is 9.68. The third-order valence-electron chi connectivity index (χ3n) is 4.04. The standard InChI is InChI=1S/C22H26N2O5/c1-28-15-16-29-22(27)14-13-21(26)24-19-10-8-18(9-11-19)23-20(25)12-7-17-5-3-2-4-6-17/h2-6,8-11H,7,12-16H2,1H3,(H,23,25)(H,24,26). The maximum absolute atomic E-state index is 12.1. The van der Waals surface area contributed by atoms with Crippen molar-refractivity contribution in [2.45, 2.75) is 25.7 Å². The third kappa shape index (κ3) is 9.03. The van der Waals surface area contributed by atoms with Crippen LogP contribution in [0.25, 0.3) is 0 Å². The first-order valence-corrected chi connectivity index (χ1v) is 9.45. The van der Waals surface area contributed by atoms with E-state index in [4.69, 9.17) is 9.47 Å². The number of benzene rings is 2. The first-order chi connectivity index (χ1) is 14.1. The van der Waals surface area contributed by atoms with Crippen LogP contribution >= 0.6 is 0 Å². The quantitative estimate of drug-likeness (QED) is 0.448. The molecule has 29 heavy (non-hydrogen) atoms. The van der Waals surface area contributed by atoms with Gasteiger partial charge in [0.2, 0.25) is 11.8 Å². The highest BCUT2D eigenvalue weighted by Crippen LogP contribution is 2.15. The van der Waals surface area contributed by atoms with E-state index in [1.165, 1.54) is 7.11 Å². The fraction of sp³-hybridized carbons (Fsp3) is 0.318. The number of carbonyl (C=O) groups is 3. The van der Waals surface area contributed by atoms with Crippen molar-refractivity contribution in [3.05, 3.63) is 60.2 Å². The van der Waals surface area contributed by atoms with Crippen LogP contribution in [0.1, 0.15) is 24.8 Å². The molecule has 2 aromatic rings. The monoisotopic (exact) mass is 398 g/mol. The van der Waals surface area contributed by atoms with Crippen LogP contribution in [0.2, 0.25) is 0 Å². The van der Waals surface area contributed by atoms with Crippen molar-refractivity contribution in [1.29, 1.82) is 0 Å². The van der Waals surface area contributed by atoms with E-state index in [9.17, 15) is 14.4 Å². The highest BCUT2D eigenvalue weighted by molar-refractivity contribution is 5.94. The summed E-state index contributed by atoms with van der Waals surface area (Å²) in [5.74, 6) is -0.795. The fourth-order valence-electron chi connectivity index (χ4n) is 2.51. The average Bonchev–Trinajstić information content (AvgIpc) is 2.73. The van der Waals surface area contributed by atoms with E-state index in [1.807, 2.05) is 30.3 Å². The lowest BCUT2D eigenvalue weighted by molar-refractivity contribution is -0.145. The SMILES string of the molecule is COCCOC(=O)CCC(=O)Nc1ccc(NC(=O)CCc2ccccc2)cc1. The van der Waals surface area contributed by atoms with Crippen molar-refractivity contribution in [3.8, 4) is 0 Å². The van der Waals surface area contributed by atoms with Gasteiger partial charge < -0.3 is 20.1 Å². The highest BCUT2D eigenvalue weighted by Gasteiger charge is 2.09. The summed E-state index contributed by atoms with van der Waals surface area (Å²) in [5.41, 5.74) is 2.36. The van der Waals surface area contributed by atoms with Gasteiger partial charge in [-0.05, 0) is 36.2 Å². The predicted octanol–water partition coefficient (Wildman–Crippen LogP) is 3.17. The minimum atomic E-state index is -0.439. The molecule has 0 fully saturated rings. The normalized spacial score (nSPS) is 10.2. The van der Waals surface area contributed by atoms with E-state index >= 15 is 0 Å². The minimum Gasteiger partial charge on any atom is -0.463 e. The predicted molar refractivity (Wildman–Crippen MR) is 111 cm³/mol. The van der Waals surface area contributed by atoms with E-state index in [-0.39, 0.29) is 31.3 Å². The second-order valence-corrected chi connectivity index (χ2v) is 6.37. The van der Waals surface area contributed by atoms with Crippen LogP contribution in [0.3, 0.4) is 0 Å². The van der Waals surface area contributed by atoms with Crippen molar-refractivity contribution < 1.29 is 23.9 Å². The van der Waals surface area contributed by atoms with Gasteiger partial charge in [0, 0.05) is 31.3 Å². The molecule has 0 saturated carbocycles. The van der Waals surface area contributed by atoms with Crippen molar-refractivity contribution >= 4 is 29.2 Å². The zero-order valence-electron chi connectivity index (χ0n) is 16.5. The van der Waals surface area contributed by atoms with Gasteiger partial charge in [0.05, 0.1) is 13.0 Å². The third-order valence-corrected chi connectivity index (χ3v) is 4.04. The number of anilines is 2. The molecule has 0 radical (unpaired) electrons. The van der Waals surface area contributed by atoms with Gasteiger partial charge in [0.15, 0.2) is 0 Å². The Bertz CT molecular complexity index is 791. The largest absolute Gasteiger partial charge is 0.463 e. The minimum absolute atomic E-state index is 0.00506. The molecule has 0 aliphatic rings. The molecule has 0 aliphatic heterocycles. The molecule has 0 heterocycles. The fourth-order valence-corrected chi connectivity index (χ4v) is 2.51. The molecular weight excluding hydrogens is 372 g/mol. The van der Waals surface area contributed by atoms with Gasteiger partial charge in [-0.15, -0.1) is 0 Å². The molecule has 0 unspecified atom stereocenters. The number of methoxy groups -OCH3 is 1. The maximum atomic E-state index is 12.1. The van der Waals surface area contributed by atoms with Crippen LogP contribution in [0.5, 0.6) is 0 Å². The Morgan fingerprint density at radius 2 is 1.34 bits per heavy atom. The molecule has 7 nitrogen and oxygen atoms in total. The molecule has 154 valence electrons. The first-order valence-electron chi connectivity index (χ1n) is 9.45. The van der Waals surface area contributed by atoms with E-state index in [2.05, 4.69) is 10.6 Å². The van der Waals surface area contributed by atoms with Gasteiger partial charge in [-0.1, -0.05) is 30.3 Å². The Hall–Kier alpha value is -3.19. The van der Waals surface area contributed by atoms with E-state index in [0.717, 1.165) is 5.56 Å². The van der Waals surface area contributed by atoms with Crippen LogP contribution in [0.4, 0.5) is 11.4 Å². The Morgan fingerprint density at radius 3 is 1.93 bits per heavy atom. The van der Waals surface area contributed by atoms with Crippen LogP contribution < -0.4 is 10.6 Å². The van der Waals surface area contributed by atoms with Gasteiger partial charge in [0.1, 0.15) is 6.61 Å². The summed E-state index contributed by atoms with van der Waals surface area (Å²) in [5, 5.41) is 5.54. The van der Waals surface area contributed by atoms with E-state index in [0.29, 0.717) is 30.8 Å². The van der Waals surface area contributed by atoms with E-state index < -0.39 is 5.97 Å². The maximum Gasteiger partial charge on any atom is 0.306 e. The summed E-state index contributed by atoms with van der Waals surface area (Å²) >= 11 is 0. The molecule has 0 bridgehead atoms. The molecule has 0 aliphatic carbocycles. The second kappa shape index (κ2) is 12.3. The lowest BCUT2D eigenvalue weighted by atomic mass is 10.1. The highest BCUT2D eigenvalue weighted by atomic mass is 16.6. The van der Waals surface area contributed by atoms with Crippen LogP contribution in [-0.4, -0.2) is 38.1 Å². The van der Waals surface area contributed by atoms with Crippen molar-refractivity contribution in [3.63, 3.8) is 0 Å². The smallest absolute Gasteiger partial charge is 0.306 e. The molecule has 0 aromatic heterocycles. The number of esters is 1. The number of nitrogens with one attached hydrogen (secondary N) is 2. The molecular formula is C22H26N2O5. The number of hydrogen-bond donors (Lipinski definition) is 2. The number of ether oxygens (including phenoxy) is 2. The van der Waals surface area contributed by atoms with Gasteiger partial charge in [-0.25, -0.2) is 0 Å². The first kappa shape index (κ1) is 22.1. The second-order valence-electron chi connectivity index (χ2n) is 6.37. The Balaban J connectivity index is 1.70. The Kier molecular flexibility index (Phi) is 9.38. The number of aryl methyl sites for hydroxylation is 1. The number of hydrogen-bond acceptors (Lipinski definition) is 5. The molecule has 2 amide bonds. The topological polar surface area (TPSA) is 93.7 Å². The lowest BCUT2D eigenvalue weighted by Gasteiger charge is -2.08. The van der Waals surface area contributed by atoms with Gasteiger partial charge in [0.25, 0.3) is 0 Å². The summed E-state index contributed by atoms with van der Waals surface area (Å²) in [6, 6.07) is 16.6. The molecule has 0 saturated heterocycles. The Labute approximate surface area is 170 Å². The van der Waals surface area contributed by atoms with E-state index in [1.54, 1.807) is 24.3 Å². The summed E-state index contributed by atoms with van der Waals surface area (Å²) in [7, 11) is 1.52. The average molecular weight is 398 g/mol. The van der Waals surface area contributed by atoms with Gasteiger partial charge in [-0.2, -0.15) is 0 Å². The molecule has 0 atom stereocenters. The number of amides is 2. The number of rotatable bonds is 11. The van der Waals surface area contributed by atoms with Crippen LogP contribution in [0.15, 0.2) is 54.6 Å². The summed E-state index contributed by atoms with van der Waals surface area (Å²) in [6.45, 7) is 0.503. The molecule has 0 spiro atoms. The zero-order chi connectivity index (χ0) is 20.9. The molecule has 2 rings (SSSR count). The molecule has 2 aromatic carbocycles. The van der Waals surface area contributed by atoms with Crippen molar-refractivity contribution in [2.75, 3.05) is 31.0 Å². The number of carbonyl (C=O) groups excluding carboxylic acids is 3. The van der Waals surface area contributed by atoms with Crippen molar-refractivity contribution in [2.24, 2.45) is 0 Å². The van der Waals surface area contributed by atoms with Crippen LogP contribution in [0, 0.1) is 0 Å². The van der Waals surface area contributed by atoms with Gasteiger partial charge in [-0.3, -0.25) is 14.4 Å². The Morgan fingerprint density at radius 1 is 0.759 bits per heavy atom. The molecule has 7 heteroatoms. The molecule has 2 N–H and O–H groups in total.